The van der Waals surface area contributed by atoms with E-state index in [1.54, 1.807) is 11.3 Å². The highest BCUT2D eigenvalue weighted by atomic mass is 32.2. The van der Waals surface area contributed by atoms with Gasteiger partial charge in [-0.05, 0) is 51.3 Å². The summed E-state index contributed by atoms with van der Waals surface area (Å²) in [5, 5.41) is 5.23. The Hall–Kier alpha value is -1.37. The number of piperidine rings is 1. The summed E-state index contributed by atoms with van der Waals surface area (Å²) in [5.74, 6) is 0.580. The molecule has 2 heterocycles. The van der Waals surface area contributed by atoms with Crippen molar-refractivity contribution < 1.29 is 4.79 Å². The van der Waals surface area contributed by atoms with Crippen LogP contribution in [0.15, 0.2) is 40.1 Å². The Balaban J connectivity index is 1.35. The summed E-state index contributed by atoms with van der Waals surface area (Å²) in [6.45, 7) is 5.21. The lowest BCUT2D eigenvalue weighted by Crippen LogP contribution is -2.48. The number of aryl methyl sites for hydroxylation is 2. The molecule has 0 spiro atoms. The fourth-order valence-corrected chi connectivity index (χ4v) is 4.98. The van der Waals surface area contributed by atoms with E-state index >= 15 is 0 Å². The molecule has 140 valence electrons. The van der Waals surface area contributed by atoms with E-state index in [9.17, 15) is 4.79 Å². The Morgan fingerprint density at radius 1 is 1.38 bits per heavy atom. The number of amides is 1. The number of rotatable bonds is 8. The molecule has 6 heteroatoms. The zero-order valence-corrected chi connectivity index (χ0v) is 17.0. The Kier molecular flexibility index (Phi) is 7.53. The van der Waals surface area contributed by atoms with E-state index in [4.69, 9.17) is 0 Å². The highest BCUT2D eigenvalue weighted by molar-refractivity contribution is 8.01. The summed E-state index contributed by atoms with van der Waals surface area (Å²) in [4.78, 5) is 19.1. The molecule has 1 amide bonds. The van der Waals surface area contributed by atoms with Crippen molar-refractivity contribution in [2.24, 2.45) is 0 Å². The second kappa shape index (κ2) is 10.1. The van der Waals surface area contributed by atoms with Crippen molar-refractivity contribution in [1.29, 1.82) is 0 Å². The normalized spacial score (nSPS) is 18.0. The molecule has 1 aliphatic heterocycles. The van der Waals surface area contributed by atoms with Gasteiger partial charge in [-0.3, -0.25) is 4.79 Å². The van der Waals surface area contributed by atoms with Gasteiger partial charge in [-0.2, -0.15) is 0 Å². The van der Waals surface area contributed by atoms with Crippen LogP contribution in [-0.2, 0) is 11.2 Å². The van der Waals surface area contributed by atoms with Crippen LogP contribution in [0.3, 0.4) is 0 Å². The number of thiazole rings is 1. The third kappa shape index (κ3) is 6.41. The van der Waals surface area contributed by atoms with E-state index in [2.05, 4.69) is 45.5 Å². The van der Waals surface area contributed by atoms with Crippen molar-refractivity contribution in [2.45, 2.75) is 43.0 Å². The molecule has 0 bridgehead atoms. The van der Waals surface area contributed by atoms with Crippen LogP contribution >= 0.6 is 23.1 Å². The van der Waals surface area contributed by atoms with E-state index in [1.807, 2.05) is 12.3 Å². The molecule has 1 saturated heterocycles. The summed E-state index contributed by atoms with van der Waals surface area (Å²) < 4.78 is 0.976. The summed E-state index contributed by atoms with van der Waals surface area (Å²) in [6.07, 6.45) is 4.54. The van der Waals surface area contributed by atoms with Crippen molar-refractivity contribution in [2.75, 3.05) is 25.4 Å². The molecule has 1 aromatic carbocycles. The van der Waals surface area contributed by atoms with Gasteiger partial charge in [0.05, 0.1) is 5.75 Å². The lowest BCUT2D eigenvalue weighted by molar-refractivity contribution is -0.119. The number of nitrogens with zero attached hydrogens (tertiary/aromatic N) is 2. The van der Waals surface area contributed by atoms with Gasteiger partial charge in [0.15, 0.2) is 4.34 Å². The average molecular weight is 390 g/mol. The van der Waals surface area contributed by atoms with Gasteiger partial charge in [-0.25, -0.2) is 4.98 Å². The molecule has 0 saturated carbocycles. The highest BCUT2D eigenvalue weighted by Gasteiger charge is 2.21. The predicted molar refractivity (Wildman–Crippen MR) is 110 cm³/mol. The second-order valence-corrected chi connectivity index (χ2v) is 8.92. The van der Waals surface area contributed by atoms with Gasteiger partial charge in [-0.15, -0.1) is 11.3 Å². The molecule has 1 aromatic heterocycles. The van der Waals surface area contributed by atoms with Crippen LogP contribution in [-0.4, -0.2) is 47.2 Å². The third-order valence-electron chi connectivity index (χ3n) is 4.58. The molecule has 0 radical (unpaired) electrons. The smallest absolute Gasteiger partial charge is 0.230 e. The average Bonchev–Trinajstić information content (AvgIpc) is 3.07. The zero-order chi connectivity index (χ0) is 18.2. The molecular formula is C20H27N3OS2. The maximum atomic E-state index is 12.2. The number of hydrogen-bond donors (Lipinski definition) is 1. The number of nitrogens with one attached hydrogen (secondary N) is 1. The number of carbonyl (C=O) groups is 1. The summed E-state index contributed by atoms with van der Waals surface area (Å²) in [5.41, 5.74) is 2.43. The van der Waals surface area contributed by atoms with E-state index in [1.165, 1.54) is 23.7 Å². The quantitative estimate of drug-likeness (QED) is 0.698. The second-order valence-electron chi connectivity index (χ2n) is 6.84. The van der Waals surface area contributed by atoms with Crippen molar-refractivity contribution >= 4 is 29.0 Å². The maximum absolute atomic E-state index is 12.2. The Bertz CT molecular complexity index is 689. The topological polar surface area (TPSA) is 45.2 Å². The number of thioether (sulfide) groups is 1. The van der Waals surface area contributed by atoms with Gasteiger partial charge in [-0.1, -0.05) is 42.1 Å². The van der Waals surface area contributed by atoms with Gasteiger partial charge < -0.3 is 10.2 Å². The molecule has 1 N–H and O–H groups in total. The standard InChI is InChI=1S/C20H27N3OS2/c1-16-14-25-20(21-16)26-15-19(24)22-18-10-6-12-23(13-18)11-5-9-17-7-3-2-4-8-17/h2-4,7-8,14,18H,5-6,9-13,15H2,1H3,(H,22,24). The van der Waals surface area contributed by atoms with E-state index in [0.717, 1.165) is 48.9 Å². The Labute approximate surface area is 164 Å². The fraction of sp³-hybridized carbons (Fsp3) is 0.500. The first-order valence-electron chi connectivity index (χ1n) is 9.29. The van der Waals surface area contributed by atoms with E-state index < -0.39 is 0 Å². The number of hydrogen-bond acceptors (Lipinski definition) is 5. The number of carbonyl (C=O) groups excluding carboxylic acids is 1. The zero-order valence-electron chi connectivity index (χ0n) is 15.3. The van der Waals surface area contributed by atoms with E-state index in [-0.39, 0.29) is 11.9 Å². The van der Waals surface area contributed by atoms with Crippen LogP contribution < -0.4 is 5.32 Å². The molecule has 1 fully saturated rings. The van der Waals surface area contributed by atoms with Crippen LogP contribution in [0.5, 0.6) is 0 Å². The fourth-order valence-electron chi connectivity index (χ4n) is 3.32. The van der Waals surface area contributed by atoms with Gasteiger partial charge in [0, 0.05) is 23.7 Å². The molecule has 26 heavy (non-hydrogen) atoms. The van der Waals surface area contributed by atoms with Crippen LogP contribution in [0, 0.1) is 6.92 Å². The summed E-state index contributed by atoms with van der Waals surface area (Å²) in [7, 11) is 0. The molecule has 1 unspecified atom stereocenters. The molecule has 1 atom stereocenters. The Morgan fingerprint density at radius 2 is 2.23 bits per heavy atom. The third-order valence-corrected chi connectivity index (χ3v) is 6.72. The maximum Gasteiger partial charge on any atom is 0.230 e. The first-order valence-corrected chi connectivity index (χ1v) is 11.2. The van der Waals surface area contributed by atoms with Crippen LogP contribution in [0.1, 0.15) is 30.5 Å². The van der Waals surface area contributed by atoms with Crippen LogP contribution in [0.4, 0.5) is 0 Å². The molecule has 0 aliphatic carbocycles. The minimum absolute atomic E-state index is 0.124. The van der Waals surface area contributed by atoms with Crippen molar-refractivity contribution in [3.63, 3.8) is 0 Å². The first-order chi connectivity index (χ1) is 12.7. The van der Waals surface area contributed by atoms with E-state index in [0.29, 0.717) is 5.75 Å². The minimum Gasteiger partial charge on any atom is -0.351 e. The van der Waals surface area contributed by atoms with Crippen molar-refractivity contribution in [1.82, 2.24) is 15.2 Å². The minimum atomic E-state index is 0.124. The predicted octanol–water partition coefficient (Wildman–Crippen LogP) is 3.76. The highest BCUT2D eigenvalue weighted by Crippen LogP contribution is 2.22. The van der Waals surface area contributed by atoms with Gasteiger partial charge in [0.25, 0.3) is 0 Å². The lowest BCUT2D eigenvalue weighted by Gasteiger charge is -2.33. The number of aromatic nitrogens is 1. The summed E-state index contributed by atoms with van der Waals surface area (Å²) in [6, 6.07) is 10.9. The lowest BCUT2D eigenvalue weighted by atomic mass is 10.0. The van der Waals surface area contributed by atoms with Gasteiger partial charge >= 0.3 is 0 Å². The molecule has 3 rings (SSSR count). The van der Waals surface area contributed by atoms with Crippen LogP contribution in [0.2, 0.25) is 0 Å². The van der Waals surface area contributed by atoms with Crippen molar-refractivity contribution in [3.05, 3.63) is 47.0 Å². The van der Waals surface area contributed by atoms with Gasteiger partial charge in [0.1, 0.15) is 0 Å². The Morgan fingerprint density at radius 3 is 3.00 bits per heavy atom. The monoisotopic (exact) mass is 389 g/mol. The SMILES string of the molecule is Cc1csc(SCC(=O)NC2CCCN(CCCc3ccccc3)C2)n1. The first kappa shape index (κ1) is 19.4. The van der Waals surface area contributed by atoms with Gasteiger partial charge in [0.2, 0.25) is 5.91 Å². The molecule has 2 aromatic rings. The number of likely N-dealkylation sites (tertiary alicyclic amines) is 1. The van der Waals surface area contributed by atoms with Crippen LogP contribution in [0.25, 0.3) is 0 Å². The molecule has 1 aliphatic rings. The van der Waals surface area contributed by atoms with Crippen molar-refractivity contribution in [3.8, 4) is 0 Å². The molecule has 4 nitrogen and oxygen atoms in total. The summed E-state index contributed by atoms with van der Waals surface area (Å²) >= 11 is 3.14. The number of benzene rings is 1. The molecular weight excluding hydrogens is 362 g/mol. The largest absolute Gasteiger partial charge is 0.351 e.